The van der Waals surface area contributed by atoms with Gasteiger partial charge in [0, 0.05) is 21.9 Å². The number of rotatable bonds is 11. The molecule has 7 nitrogen and oxygen atoms in total. The Balaban J connectivity index is 1.31. The van der Waals surface area contributed by atoms with Crippen LogP contribution in [0.5, 0.6) is 11.5 Å². The first kappa shape index (κ1) is 27.1. The minimum absolute atomic E-state index is 0.0611. The Morgan fingerprint density at radius 1 is 0.895 bits per heavy atom. The molecule has 0 fully saturated rings. The standard InChI is InChI=1S/C29H28N2O5S2/c1-21-8-17-28(35-2)27(20-21)31-38(33,34)26-15-11-23(12-16-26)30-29(32)22-9-13-24(14-10-22)36-18-19-37-25-6-4-3-5-7-25/h3-17,20,31H,18-19H2,1-2H3,(H,30,32). The maximum Gasteiger partial charge on any atom is 0.262 e. The Hall–Kier alpha value is -3.95. The molecule has 38 heavy (non-hydrogen) atoms. The lowest BCUT2D eigenvalue weighted by Crippen LogP contribution is -2.15. The molecule has 196 valence electrons. The summed E-state index contributed by atoms with van der Waals surface area (Å²) in [5.74, 6) is 1.61. The summed E-state index contributed by atoms with van der Waals surface area (Å²) in [4.78, 5) is 13.9. The van der Waals surface area contributed by atoms with Crippen molar-refractivity contribution in [3.8, 4) is 11.5 Å². The molecule has 0 bridgehead atoms. The monoisotopic (exact) mass is 548 g/mol. The Morgan fingerprint density at radius 3 is 2.29 bits per heavy atom. The van der Waals surface area contributed by atoms with Gasteiger partial charge in [0.2, 0.25) is 0 Å². The Bertz CT molecular complexity index is 1470. The number of methoxy groups -OCH3 is 1. The smallest absolute Gasteiger partial charge is 0.262 e. The largest absolute Gasteiger partial charge is 0.495 e. The maximum absolute atomic E-state index is 12.9. The molecule has 0 saturated carbocycles. The third kappa shape index (κ3) is 7.30. The quantitative estimate of drug-likeness (QED) is 0.171. The van der Waals surface area contributed by atoms with Crippen LogP contribution >= 0.6 is 11.8 Å². The topological polar surface area (TPSA) is 93.7 Å². The van der Waals surface area contributed by atoms with Crippen molar-refractivity contribution in [1.29, 1.82) is 0 Å². The highest BCUT2D eigenvalue weighted by Gasteiger charge is 2.17. The van der Waals surface area contributed by atoms with Crippen LogP contribution in [0, 0.1) is 6.92 Å². The minimum atomic E-state index is -3.85. The normalized spacial score (nSPS) is 11.0. The summed E-state index contributed by atoms with van der Waals surface area (Å²) in [6, 6.07) is 28.2. The second-order valence-corrected chi connectivity index (χ2v) is 11.2. The molecular formula is C29H28N2O5S2. The molecule has 9 heteroatoms. The SMILES string of the molecule is COc1ccc(C)cc1NS(=O)(=O)c1ccc(NC(=O)c2ccc(OCCSc3ccccc3)cc2)cc1. The van der Waals surface area contributed by atoms with Crippen molar-refractivity contribution in [3.63, 3.8) is 0 Å². The van der Waals surface area contributed by atoms with Crippen LogP contribution in [0.1, 0.15) is 15.9 Å². The second kappa shape index (κ2) is 12.5. The van der Waals surface area contributed by atoms with Gasteiger partial charge in [-0.25, -0.2) is 8.42 Å². The van der Waals surface area contributed by atoms with Gasteiger partial charge in [0.15, 0.2) is 0 Å². The predicted octanol–water partition coefficient (Wildman–Crippen LogP) is 6.23. The number of aryl methyl sites for hydroxylation is 1. The number of hydrogen-bond donors (Lipinski definition) is 2. The van der Waals surface area contributed by atoms with Gasteiger partial charge in [-0.15, -0.1) is 11.8 Å². The van der Waals surface area contributed by atoms with Gasteiger partial charge in [-0.2, -0.15) is 0 Å². The van der Waals surface area contributed by atoms with Crippen molar-refractivity contribution in [1.82, 2.24) is 0 Å². The Morgan fingerprint density at radius 2 is 1.61 bits per heavy atom. The Kier molecular flexibility index (Phi) is 8.93. The molecule has 0 unspecified atom stereocenters. The predicted molar refractivity (Wildman–Crippen MR) is 152 cm³/mol. The number of thioether (sulfide) groups is 1. The van der Waals surface area contributed by atoms with Crippen molar-refractivity contribution in [3.05, 3.63) is 108 Å². The maximum atomic E-state index is 12.9. The average molecular weight is 549 g/mol. The molecule has 4 aromatic carbocycles. The fourth-order valence-corrected chi connectivity index (χ4v) is 5.38. The lowest BCUT2D eigenvalue weighted by molar-refractivity contribution is 0.102. The van der Waals surface area contributed by atoms with Crippen molar-refractivity contribution in [2.24, 2.45) is 0 Å². The first-order chi connectivity index (χ1) is 18.3. The highest BCUT2D eigenvalue weighted by atomic mass is 32.2. The fourth-order valence-electron chi connectivity index (χ4n) is 3.56. The van der Waals surface area contributed by atoms with Crippen molar-refractivity contribution in [2.75, 3.05) is 29.5 Å². The van der Waals surface area contributed by atoms with E-state index in [0.29, 0.717) is 35.0 Å². The van der Waals surface area contributed by atoms with Crippen LogP contribution in [0.3, 0.4) is 0 Å². The summed E-state index contributed by atoms with van der Waals surface area (Å²) in [7, 11) is -2.37. The second-order valence-electron chi connectivity index (χ2n) is 8.32. The molecule has 0 heterocycles. The van der Waals surface area contributed by atoms with Gasteiger partial charge in [-0.05, 0) is 85.3 Å². The van der Waals surface area contributed by atoms with Gasteiger partial charge in [-0.3, -0.25) is 9.52 Å². The van der Waals surface area contributed by atoms with Crippen LogP contribution in [0.2, 0.25) is 0 Å². The van der Waals surface area contributed by atoms with E-state index < -0.39 is 10.0 Å². The Labute approximate surface area is 227 Å². The molecule has 0 aliphatic rings. The summed E-state index contributed by atoms with van der Waals surface area (Å²) < 4.78 is 39.3. The van der Waals surface area contributed by atoms with E-state index in [0.717, 1.165) is 11.3 Å². The van der Waals surface area contributed by atoms with Gasteiger partial charge in [0.1, 0.15) is 11.5 Å². The molecule has 4 rings (SSSR count). The lowest BCUT2D eigenvalue weighted by Gasteiger charge is -2.13. The molecule has 0 aliphatic carbocycles. The van der Waals surface area contributed by atoms with Gasteiger partial charge >= 0.3 is 0 Å². The van der Waals surface area contributed by atoms with Gasteiger partial charge in [0.05, 0.1) is 24.3 Å². The van der Waals surface area contributed by atoms with E-state index in [9.17, 15) is 13.2 Å². The minimum Gasteiger partial charge on any atom is -0.495 e. The number of carbonyl (C=O) groups is 1. The molecule has 2 N–H and O–H groups in total. The molecule has 4 aromatic rings. The third-order valence-electron chi connectivity index (χ3n) is 5.50. The number of sulfonamides is 1. The third-order valence-corrected chi connectivity index (χ3v) is 7.86. The first-order valence-corrected chi connectivity index (χ1v) is 14.3. The molecule has 1 amide bonds. The van der Waals surface area contributed by atoms with Crippen LogP contribution in [0.15, 0.2) is 107 Å². The highest BCUT2D eigenvalue weighted by molar-refractivity contribution is 7.99. The summed E-state index contributed by atoms with van der Waals surface area (Å²) in [5, 5.41) is 2.78. The van der Waals surface area contributed by atoms with Crippen LogP contribution in [-0.2, 0) is 10.0 Å². The van der Waals surface area contributed by atoms with Gasteiger partial charge in [0.25, 0.3) is 15.9 Å². The number of carbonyl (C=O) groups excluding carboxylic acids is 1. The van der Waals surface area contributed by atoms with Crippen molar-refractivity contribution >= 4 is 39.1 Å². The van der Waals surface area contributed by atoms with Gasteiger partial charge in [-0.1, -0.05) is 24.3 Å². The van der Waals surface area contributed by atoms with Crippen LogP contribution < -0.4 is 19.5 Å². The van der Waals surface area contributed by atoms with E-state index in [4.69, 9.17) is 9.47 Å². The molecule has 0 aromatic heterocycles. The van der Waals surface area contributed by atoms with E-state index in [1.54, 1.807) is 60.3 Å². The summed E-state index contributed by atoms with van der Waals surface area (Å²) in [6.07, 6.45) is 0. The molecule has 0 spiro atoms. The zero-order valence-electron chi connectivity index (χ0n) is 21.0. The average Bonchev–Trinajstić information content (AvgIpc) is 2.92. The number of anilines is 2. The van der Waals surface area contributed by atoms with E-state index in [2.05, 4.69) is 22.2 Å². The summed E-state index contributed by atoms with van der Waals surface area (Å²) in [6.45, 7) is 2.41. The zero-order chi connectivity index (χ0) is 27.0. The fraction of sp³-hybridized carbons (Fsp3) is 0.138. The zero-order valence-corrected chi connectivity index (χ0v) is 22.6. The molecule has 0 atom stereocenters. The van der Waals surface area contributed by atoms with Crippen LogP contribution in [0.25, 0.3) is 0 Å². The van der Waals surface area contributed by atoms with E-state index in [1.165, 1.54) is 24.1 Å². The van der Waals surface area contributed by atoms with Crippen molar-refractivity contribution < 1.29 is 22.7 Å². The number of nitrogens with one attached hydrogen (secondary N) is 2. The molecule has 0 saturated heterocycles. The lowest BCUT2D eigenvalue weighted by atomic mass is 10.2. The van der Waals surface area contributed by atoms with E-state index >= 15 is 0 Å². The summed E-state index contributed by atoms with van der Waals surface area (Å²) in [5.41, 5.74) is 2.18. The number of ether oxygens (including phenoxy) is 2. The van der Waals surface area contributed by atoms with E-state index in [-0.39, 0.29) is 10.8 Å². The van der Waals surface area contributed by atoms with E-state index in [1.807, 2.05) is 31.2 Å². The summed E-state index contributed by atoms with van der Waals surface area (Å²) >= 11 is 1.72. The van der Waals surface area contributed by atoms with Crippen LogP contribution in [0.4, 0.5) is 11.4 Å². The van der Waals surface area contributed by atoms with Crippen molar-refractivity contribution in [2.45, 2.75) is 16.7 Å². The first-order valence-electron chi connectivity index (χ1n) is 11.8. The highest BCUT2D eigenvalue weighted by Crippen LogP contribution is 2.28. The number of benzene rings is 4. The van der Waals surface area contributed by atoms with Crippen LogP contribution in [-0.4, -0.2) is 33.8 Å². The number of amides is 1. The molecule has 0 radical (unpaired) electrons. The van der Waals surface area contributed by atoms with Gasteiger partial charge < -0.3 is 14.8 Å². The molecule has 0 aliphatic heterocycles. The molecular weight excluding hydrogens is 520 g/mol. The number of hydrogen-bond acceptors (Lipinski definition) is 6.